The van der Waals surface area contributed by atoms with Gasteiger partial charge in [0, 0.05) is 49.3 Å². The lowest BCUT2D eigenvalue weighted by Crippen LogP contribution is -2.49. The van der Waals surface area contributed by atoms with Crippen molar-refractivity contribution in [2.45, 2.75) is 19.1 Å². The highest BCUT2D eigenvalue weighted by Crippen LogP contribution is 2.35. The number of ether oxygens (including phenoxy) is 2. The molecule has 0 bridgehead atoms. The van der Waals surface area contributed by atoms with Crippen molar-refractivity contribution in [1.82, 2.24) is 19.7 Å². The van der Waals surface area contributed by atoms with Crippen LogP contribution in [0.3, 0.4) is 0 Å². The normalized spacial score (nSPS) is 14.0. The van der Waals surface area contributed by atoms with E-state index in [0.717, 1.165) is 58.1 Å². The predicted molar refractivity (Wildman–Crippen MR) is 154 cm³/mol. The van der Waals surface area contributed by atoms with Crippen LogP contribution >= 0.6 is 0 Å². The van der Waals surface area contributed by atoms with E-state index in [4.69, 9.17) is 20.3 Å². The molecular weight excluding hydrogens is 506 g/mol. The number of para-hydroxylation sites is 1. The third kappa shape index (κ3) is 4.97. The lowest BCUT2D eigenvalue weighted by atomic mass is 9.97. The Balaban J connectivity index is 1.38. The molecule has 3 N–H and O–H groups in total. The maximum Gasteiger partial charge on any atom is 0.307 e. The number of nitrogens with zero attached hydrogens (tertiary/aromatic N) is 4. The van der Waals surface area contributed by atoms with Crippen LogP contribution in [0.2, 0.25) is 0 Å². The van der Waals surface area contributed by atoms with Crippen LogP contribution in [0.1, 0.15) is 17.3 Å². The number of aliphatic carboxylic acids is 1. The number of hydrogen-bond acceptors (Lipinski definition) is 7. The molecule has 3 heterocycles. The lowest BCUT2D eigenvalue weighted by molar-refractivity contribution is -0.136. The molecule has 1 fully saturated rings. The molecule has 0 atom stereocenters. The second-order valence-electron chi connectivity index (χ2n) is 10.1. The molecule has 40 heavy (non-hydrogen) atoms. The van der Waals surface area contributed by atoms with E-state index in [0.29, 0.717) is 23.7 Å². The van der Waals surface area contributed by atoms with Gasteiger partial charge in [0.15, 0.2) is 0 Å². The first-order valence-electron chi connectivity index (χ1n) is 13.3. The monoisotopic (exact) mass is 537 g/mol. The fourth-order valence-electron chi connectivity index (χ4n) is 5.44. The Morgan fingerprint density at radius 3 is 2.73 bits per heavy atom. The SMILES string of the molecule is COCCN1CC(n2nc(COc3ccccc3CC(=O)O)c3cc(-c4cccc5c(N)nccc45)ccc32)C1. The van der Waals surface area contributed by atoms with Gasteiger partial charge in [-0.05, 0) is 40.8 Å². The van der Waals surface area contributed by atoms with Crippen molar-refractivity contribution in [2.75, 3.05) is 39.1 Å². The molecule has 6 rings (SSSR count). The highest BCUT2D eigenvalue weighted by Gasteiger charge is 2.30. The molecule has 3 aromatic carbocycles. The van der Waals surface area contributed by atoms with Crippen LogP contribution in [0.15, 0.2) is 72.9 Å². The third-order valence-electron chi connectivity index (χ3n) is 7.50. The number of rotatable bonds is 10. The smallest absolute Gasteiger partial charge is 0.307 e. The molecule has 5 aromatic rings. The minimum absolute atomic E-state index is 0.103. The third-order valence-corrected chi connectivity index (χ3v) is 7.50. The number of nitrogens with two attached hydrogens (primary N) is 1. The van der Waals surface area contributed by atoms with Crippen molar-refractivity contribution >= 4 is 33.5 Å². The van der Waals surface area contributed by atoms with Gasteiger partial charge in [-0.25, -0.2) is 4.98 Å². The summed E-state index contributed by atoms with van der Waals surface area (Å²) in [6.45, 7) is 3.62. The molecule has 0 unspecified atom stereocenters. The summed E-state index contributed by atoms with van der Waals surface area (Å²) in [6, 6.07) is 22.0. The summed E-state index contributed by atoms with van der Waals surface area (Å²) in [5.41, 5.74) is 10.8. The van der Waals surface area contributed by atoms with Crippen LogP contribution < -0.4 is 10.5 Å². The zero-order valence-corrected chi connectivity index (χ0v) is 22.3. The number of aromatic nitrogens is 3. The number of nitrogen functional groups attached to an aromatic ring is 1. The molecule has 2 aromatic heterocycles. The summed E-state index contributed by atoms with van der Waals surface area (Å²) in [7, 11) is 1.72. The van der Waals surface area contributed by atoms with Crippen LogP contribution in [0, 0.1) is 0 Å². The summed E-state index contributed by atoms with van der Waals surface area (Å²) >= 11 is 0. The van der Waals surface area contributed by atoms with Gasteiger partial charge in [0.1, 0.15) is 23.9 Å². The minimum Gasteiger partial charge on any atom is -0.487 e. The largest absolute Gasteiger partial charge is 0.487 e. The summed E-state index contributed by atoms with van der Waals surface area (Å²) in [5.74, 6) is 0.157. The molecule has 0 amide bonds. The molecule has 9 nitrogen and oxygen atoms in total. The molecule has 0 saturated carbocycles. The van der Waals surface area contributed by atoms with Gasteiger partial charge in [-0.15, -0.1) is 0 Å². The standard InChI is InChI=1S/C31H31N5O4/c1-39-14-13-35-17-22(18-35)36-28-10-9-20(23-6-4-7-25-24(23)11-12-33-31(25)32)15-26(28)27(34-36)19-40-29-8-3-2-5-21(29)16-30(37)38/h2-12,15,22H,13-14,16-19H2,1H3,(H2,32,33)(H,37,38). The number of hydrogen-bond donors (Lipinski definition) is 2. The van der Waals surface area contributed by atoms with E-state index in [1.54, 1.807) is 25.4 Å². The van der Waals surface area contributed by atoms with Gasteiger partial charge in [0.25, 0.3) is 0 Å². The van der Waals surface area contributed by atoms with Crippen LogP contribution in [-0.4, -0.2) is 64.1 Å². The zero-order chi connectivity index (χ0) is 27.6. The van der Waals surface area contributed by atoms with Gasteiger partial charge in [0.05, 0.1) is 24.6 Å². The number of anilines is 1. The molecule has 204 valence electrons. The maximum atomic E-state index is 11.4. The highest BCUT2D eigenvalue weighted by atomic mass is 16.5. The van der Waals surface area contributed by atoms with Crippen LogP contribution in [0.4, 0.5) is 5.82 Å². The number of carbonyl (C=O) groups is 1. The number of fused-ring (bicyclic) bond motifs is 2. The molecule has 9 heteroatoms. The first kappa shape index (κ1) is 25.8. The molecule has 1 aliphatic heterocycles. The highest BCUT2D eigenvalue weighted by molar-refractivity contribution is 6.02. The Morgan fingerprint density at radius 2 is 1.90 bits per heavy atom. The maximum absolute atomic E-state index is 11.4. The van der Waals surface area contributed by atoms with Gasteiger partial charge in [-0.3, -0.25) is 14.4 Å². The fourth-order valence-corrected chi connectivity index (χ4v) is 5.44. The van der Waals surface area contributed by atoms with Gasteiger partial charge < -0.3 is 20.3 Å². The number of carboxylic acid groups (broad SMARTS) is 1. The molecule has 0 spiro atoms. The minimum atomic E-state index is -0.899. The Bertz CT molecular complexity index is 1690. The summed E-state index contributed by atoms with van der Waals surface area (Å²) in [4.78, 5) is 18.0. The predicted octanol–water partition coefficient (Wildman–Crippen LogP) is 4.54. The topological polar surface area (TPSA) is 116 Å². The Kier molecular flexibility index (Phi) is 7.06. The second kappa shape index (κ2) is 11.0. The average Bonchev–Trinajstić information content (AvgIpc) is 3.29. The zero-order valence-electron chi connectivity index (χ0n) is 22.3. The number of methoxy groups -OCH3 is 1. The Morgan fingerprint density at radius 1 is 1.05 bits per heavy atom. The molecule has 1 saturated heterocycles. The van der Waals surface area contributed by atoms with Crippen molar-refractivity contribution in [1.29, 1.82) is 0 Å². The van der Waals surface area contributed by atoms with E-state index < -0.39 is 5.97 Å². The van der Waals surface area contributed by atoms with E-state index in [-0.39, 0.29) is 19.1 Å². The first-order chi connectivity index (χ1) is 19.5. The Labute approximate surface area is 231 Å². The van der Waals surface area contributed by atoms with Crippen LogP contribution in [0.5, 0.6) is 5.75 Å². The van der Waals surface area contributed by atoms with E-state index in [1.165, 1.54) is 0 Å². The van der Waals surface area contributed by atoms with Crippen molar-refractivity contribution in [3.8, 4) is 16.9 Å². The first-order valence-corrected chi connectivity index (χ1v) is 13.3. The second-order valence-corrected chi connectivity index (χ2v) is 10.1. The number of likely N-dealkylation sites (tertiary alicyclic amines) is 1. The lowest BCUT2D eigenvalue weighted by Gasteiger charge is -2.39. The van der Waals surface area contributed by atoms with E-state index in [9.17, 15) is 9.90 Å². The quantitative estimate of drug-likeness (QED) is 0.267. The molecule has 0 radical (unpaired) electrons. The molecule has 1 aliphatic rings. The number of benzene rings is 3. The van der Waals surface area contributed by atoms with Gasteiger partial charge >= 0.3 is 5.97 Å². The fraction of sp³-hybridized carbons (Fsp3) is 0.258. The van der Waals surface area contributed by atoms with E-state index in [2.05, 4.69) is 38.8 Å². The van der Waals surface area contributed by atoms with Crippen molar-refractivity contribution < 1.29 is 19.4 Å². The Hall–Kier alpha value is -4.47. The van der Waals surface area contributed by atoms with Crippen LogP contribution in [0.25, 0.3) is 32.8 Å². The van der Waals surface area contributed by atoms with Crippen molar-refractivity contribution in [3.63, 3.8) is 0 Å². The molecule has 0 aliphatic carbocycles. The summed E-state index contributed by atoms with van der Waals surface area (Å²) in [6.07, 6.45) is 1.63. The number of carboxylic acids is 1. The van der Waals surface area contributed by atoms with Crippen molar-refractivity contribution in [3.05, 3.63) is 84.2 Å². The summed E-state index contributed by atoms with van der Waals surface area (Å²) < 4.78 is 13.5. The number of pyridine rings is 1. The van der Waals surface area contributed by atoms with E-state index in [1.807, 2.05) is 30.3 Å². The average molecular weight is 538 g/mol. The van der Waals surface area contributed by atoms with Crippen LogP contribution in [-0.2, 0) is 22.6 Å². The van der Waals surface area contributed by atoms with Gasteiger partial charge in [-0.2, -0.15) is 5.10 Å². The van der Waals surface area contributed by atoms with E-state index >= 15 is 0 Å². The van der Waals surface area contributed by atoms with Crippen molar-refractivity contribution in [2.24, 2.45) is 0 Å². The molecular formula is C31H31N5O4. The summed E-state index contributed by atoms with van der Waals surface area (Å²) in [5, 5.41) is 17.3. The van der Waals surface area contributed by atoms with Gasteiger partial charge in [-0.1, -0.05) is 42.5 Å². The van der Waals surface area contributed by atoms with Gasteiger partial charge in [0.2, 0.25) is 0 Å².